The number of hydrogen-bond donors (Lipinski definition) is 0. The molecule has 1 aromatic carbocycles. The van der Waals surface area contributed by atoms with Crippen LogP contribution in [0.15, 0.2) is 52.1 Å². The van der Waals surface area contributed by atoms with Crippen LogP contribution in [0.25, 0.3) is 17.3 Å². The quantitative estimate of drug-likeness (QED) is 0.711. The van der Waals surface area contributed by atoms with Crippen molar-refractivity contribution in [3.05, 3.63) is 53.5 Å². The maximum atomic E-state index is 5.98. The van der Waals surface area contributed by atoms with E-state index in [2.05, 4.69) is 15.1 Å². The minimum atomic E-state index is 0.439. The van der Waals surface area contributed by atoms with E-state index in [0.717, 1.165) is 29.5 Å². The van der Waals surface area contributed by atoms with Crippen molar-refractivity contribution in [1.82, 2.24) is 14.8 Å². The zero-order valence-corrected chi connectivity index (χ0v) is 13.6. The molecule has 1 aliphatic heterocycles. The summed E-state index contributed by atoms with van der Waals surface area (Å²) in [5.74, 6) is 1.55. The highest BCUT2D eigenvalue weighted by molar-refractivity contribution is 6.30. The van der Waals surface area contributed by atoms with Crippen LogP contribution in [0.1, 0.15) is 12.2 Å². The van der Waals surface area contributed by atoms with E-state index in [9.17, 15) is 0 Å². The number of ether oxygens (including phenoxy) is 1. The first-order valence-electron chi connectivity index (χ1n) is 7.71. The molecule has 3 heterocycles. The molecule has 4 rings (SSSR count). The van der Waals surface area contributed by atoms with E-state index in [1.54, 1.807) is 17.1 Å². The fraction of sp³-hybridized carbons (Fsp3) is 0.235. The van der Waals surface area contributed by atoms with Crippen LogP contribution in [0.4, 0.5) is 0 Å². The highest BCUT2D eigenvalue weighted by atomic mass is 35.5. The van der Waals surface area contributed by atoms with E-state index in [0.29, 0.717) is 30.5 Å². The predicted octanol–water partition coefficient (Wildman–Crippen LogP) is 3.54. The zero-order valence-electron chi connectivity index (χ0n) is 12.9. The first-order valence-corrected chi connectivity index (χ1v) is 8.09. The summed E-state index contributed by atoms with van der Waals surface area (Å²) in [5.41, 5.74) is 1.74. The average molecular weight is 343 g/mol. The van der Waals surface area contributed by atoms with Gasteiger partial charge in [0, 0.05) is 35.8 Å². The molecule has 0 atom stereocenters. The molecule has 1 aliphatic rings. The van der Waals surface area contributed by atoms with Gasteiger partial charge in [-0.05, 0) is 18.2 Å². The topological polar surface area (TPSA) is 65.4 Å². The van der Waals surface area contributed by atoms with E-state index in [4.69, 9.17) is 20.8 Å². The molecule has 0 radical (unpaired) electrons. The standard InChI is InChI=1S/C17H15ClN4O2/c18-13-4-2-12(3-5-13)16-14(6-7-15-19-9-11-23-15)24-17(21-16)22-10-1-8-20-22/h1-5,8,10H,6-7,9,11H2. The fourth-order valence-corrected chi connectivity index (χ4v) is 2.70. The van der Waals surface area contributed by atoms with Gasteiger partial charge >= 0.3 is 6.01 Å². The first-order chi connectivity index (χ1) is 11.8. The molecular formula is C17H15ClN4O2. The van der Waals surface area contributed by atoms with Gasteiger partial charge in [-0.1, -0.05) is 23.7 Å². The van der Waals surface area contributed by atoms with Crippen LogP contribution >= 0.6 is 11.6 Å². The Morgan fingerprint density at radius 1 is 1.17 bits per heavy atom. The second-order valence-electron chi connectivity index (χ2n) is 5.35. The van der Waals surface area contributed by atoms with Gasteiger partial charge in [0.2, 0.25) is 0 Å². The first kappa shape index (κ1) is 15.0. The minimum Gasteiger partial charge on any atom is -0.479 e. The average Bonchev–Trinajstić information content (AvgIpc) is 3.34. The van der Waals surface area contributed by atoms with Crippen LogP contribution in [-0.2, 0) is 11.2 Å². The van der Waals surface area contributed by atoms with Gasteiger partial charge in [-0.15, -0.1) is 0 Å². The normalized spacial score (nSPS) is 13.8. The van der Waals surface area contributed by atoms with E-state index in [-0.39, 0.29) is 0 Å². The largest absolute Gasteiger partial charge is 0.479 e. The number of benzene rings is 1. The van der Waals surface area contributed by atoms with Crippen LogP contribution < -0.4 is 0 Å². The highest BCUT2D eigenvalue weighted by Gasteiger charge is 2.18. The molecule has 122 valence electrons. The van der Waals surface area contributed by atoms with Crippen LogP contribution in [-0.4, -0.2) is 33.8 Å². The van der Waals surface area contributed by atoms with Crippen LogP contribution in [0.2, 0.25) is 5.02 Å². The minimum absolute atomic E-state index is 0.439. The Morgan fingerprint density at radius 2 is 2.04 bits per heavy atom. The third-order valence-electron chi connectivity index (χ3n) is 3.72. The number of nitrogens with zero attached hydrogens (tertiary/aromatic N) is 4. The van der Waals surface area contributed by atoms with Gasteiger partial charge in [-0.25, -0.2) is 0 Å². The van der Waals surface area contributed by atoms with Crippen molar-refractivity contribution in [2.24, 2.45) is 4.99 Å². The lowest BCUT2D eigenvalue weighted by molar-refractivity contribution is 0.336. The van der Waals surface area contributed by atoms with E-state index in [1.165, 1.54) is 0 Å². The second-order valence-corrected chi connectivity index (χ2v) is 5.79. The summed E-state index contributed by atoms with van der Waals surface area (Å²) >= 11 is 5.98. The summed E-state index contributed by atoms with van der Waals surface area (Å²) in [6.45, 7) is 1.39. The van der Waals surface area contributed by atoms with Gasteiger partial charge in [-0.2, -0.15) is 14.8 Å². The summed E-state index contributed by atoms with van der Waals surface area (Å²) in [4.78, 5) is 8.93. The van der Waals surface area contributed by atoms with E-state index < -0.39 is 0 Å². The van der Waals surface area contributed by atoms with Crippen LogP contribution in [0.5, 0.6) is 0 Å². The second kappa shape index (κ2) is 6.49. The number of oxazole rings is 1. The number of aliphatic imine (C=N–C) groups is 1. The van der Waals surface area contributed by atoms with Crippen molar-refractivity contribution in [1.29, 1.82) is 0 Å². The molecule has 0 aliphatic carbocycles. The Kier molecular flexibility index (Phi) is 4.04. The summed E-state index contributed by atoms with van der Waals surface area (Å²) < 4.78 is 13.0. The lowest BCUT2D eigenvalue weighted by atomic mass is 10.1. The maximum Gasteiger partial charge on any atom is 0.323 e. The molecule has 2 aromatic heterocycles. The Bertz CT molecular complexity index is 853. The van der Waals surface area contributed by atoms with Gasteiger partial charge in [-0.3, -0.25) is 4.99 Å². The summed E-state index contributed by atoms with van der Waals surface area (Å²) in [5, 5.41) is 4.86. The van der Waals surface area contributed by atoms with Gasteiger partial charge in [0.15, 0.2) is 5.90 Å². The molecule has 0 N–H and O–H groups in total. The summed E-state index contributed by atoms with van der Waals surface area (Å²) in [6.07, 6.45) is 4.83. The van der Waals surface area contributed by atoms with Crippen molar-refractivity contribution < 1.29 is 9.15 Å². The van der Waals surface area contributed by atoms with Crippen molar-refractivity contribution >= 4 is 17.5 Å². The lowest BCUT2D eigenvalue weighted by Crippen LogP contribution is -2.01. The summed E-state index contributed by atoms with van der Waals surface area (Å²) in [6, 6.07) is 9.81. The fourth-order valence-electron chi connectivity index (χ4n) is 2.57. The van der Waals surface area contributed by atoms with Gasteiger partial charge < -0.3 is 9.15 Å². The molecule has 0 spiro atoms. The molecule has 0 unspecified atom stereocenters. The number of hydrogen-bond acceptors (Lipinski definition) is 5. The molecule has 0 amide bonds. The Balaban J connectivity index is 1.67. The Labute approximate surface area is 143 Å². The van der Waals surface area contributed by atoms with E-state index in [1.807, 2.05) is 30.3 Å². The number of aromatic nitrogens is 3. The molecule has 6 nitrogen and oxygen atoms in total. The molecule has 0 saturated carbocycles. The predicted molar refractivity (Wildman–Crippen MR) is 90.6 cm³/mol. The van der Waals surface area contributed by atoms with Crippen molar-refractivity contribution in [2.75, 3.05) is 13.2 Å². The third-order valence-corrected chi connectivity index (χ3v) is 3.97. The van der Waals surface area contributed by atoms with Crippen molar-refractivity contribution in [3.63, 3.8) is 0 Å². The monoisotopic (exact) mass is 342 g/mol. The highest BCUT2D eigenvalue weighted by Crippen LogP contribution is 2.28. The molecule has 3 aromatic rings. The number of halogens is 1. The molecule has 24 heavy (non-hydrogen) atoms. The zero-order chi connectivity index (χ0) is 16.4. The van der Waals surface area contributed by atoms with Gasteiger partial charge in [0.25, 0.3) is 0 Å². The van der Waals surface area contributed by atoms with Crippen molar-refractivity contribution in [3.8, 4) is 17.3 Å². The SMILES string of the molecule is Clc1ccc(-c2nc(-n3cccn3)oc2CCC2=NCCO2)cc1. The van der Waals surface area contributed by atoms with E-state index >= 15 is 0 Å². The number of rotatable bonds is 5. The van der Waals surface area contributed by atoms with Crippen molar-refractivity contribution in [2.45, 2.75) is 12.8 Å². The molecule has 0 fully saturated rings. The van der Waals surface area contributed by atoms with Gasteiger partial charge in [0.05, 0.1) is 6.54 Å². The summed E-state index contributed by atoms with van der Waals surface area (Å²) in [7, 11) is 0. The molecule has 0 bridgehead atoms. The Morgan fingerprint density at radius 3 is 2.75 bits per heavy atom. The van der Waals surface area contributed by atoms with Crippen LogP contribution in [0.3, 0.4) is 0 Å². The maximum absolute atomic E-state index is 5.98. The van der Waals surface area contributed by atoms with Gasteiger partial charge in [0.1, 0.15) is 18.1 Å². The Hall–Kier alpha value is -2.60. The lowest BCUT2D eigenvalue weighted by Gasteiger charge is -2.02. The molecular weight excluding hydrogens is 328 g/mol. The van der Waals surface area contributed by atoms with Crippen LogP contribution in [0, 0.1) is 0 Å². The smallest absolute Gasteiger partial charge is 0.323 e. The third kappa shape index (κ3) is 3.05. The molecule has 0 saturated heterocycles. The number of aryl methyl sites for hydroxylation is 1. The molecule has 7 heteroatoms.